The van der Waals surface area contributed by atoms with Crippen LogP contribution in [-0.4, -0.2) is 55.5 Å². The fourth-order valence-electron chi connectivity index (χ4n) is 3.07. The third-order valence-electron chi connectivity index (χ3n) is 4.61. The third kappa shape index (κ3) is 5.84. The Morgan fingerprint density at radius 3 is 2.33 bits per heavy atom. The highest BCUT2D eigenvalue weighted by atomic mass is 35.5. The van der Waals surface area contributed by atoms with E-state index in [0.29, 0.717) is 16.6 Å². The van der Waals surface area contributed by atoms with Crippen molar-refractivity contribution >= 4 is 34.8 Å². The minimum Gasteiger partial charge on any atom is -0.497 e. The van der Waals surface area contributed by atoms with Crippen LogP contribution in [0.4, 0.5) is 5.69 Å². The van der Waals surface area contributed by atoms with Gasteiger partial charge in [0.15, 0.2) is 0 Å². The number of amides is 1. The van der Waals surface area contributed by atoms with Gasteiger partial charge in [0.05, 0.1) is 13.7 Å². The van der Waals surface area contributed by atoms with E-state index in [4.69, 9.17) is 27.9 Å². The van der Waals surface area contributed by atoms with Gasteiger partial charge in [-0.3, -0.25) is 14.6 Å². The maximum atomic E-state index is 12.3. The summed E-state index contributed by atoms with van der Waals surface area (Å²) in [5.74, 6) is 0.763. The summed E-state index contributed by atoms with van der Waals surface area (Å²) >= 11 is 12.2. The van der Waals surface area contributed by atoms with Gasteiger partial charge in [0, 0.05) is 48.5 Å². The number of halogens is 2. The minimum atomic E-state index is -0.00522. The molecule has 2 aromatic rings. The minimum absolute atomic E-state index is 0.00522. The Labute approximate surface area is 169 Å². The topological polar surface area (TPSA) is 44.8 Å². The number of hydrogen-bond acceptors (Lipinski definition) is 4. The monoisotopic (exact) mass is 407 g/mol. The van der Waals surface area contributed by atoms with Crippen LogP contribution in [0.3, 0.4) is 0 Å². The van der Waals surface area contributed by atoms with Gasteiger partial charge in [-0.1, -0.05) is 29.3 Å². The molecule has 7 heteroatoms. The first-order valence-corrected chi connectivity index (χ1v) is 9.61. The van der Waals surface area contributed by atoms with E-state index in [1.807, 2.05) is 36.4 Å². The van der Waals surface area contributed by atoms with Crippen molar-refractivity contribution < 1.29 is 9.53 Å². The molecule has 1 aliphatic heterocycles. The van der Waals surface area contributed by atoms with Crippen LogP contribution >= 0.6 is 23.2 Å². The van der Waals surface area contributed by atoms with Crippen LogP contribution in [-0.2, 0) is 11.3 Å². The van der Waals surface area contributed by atoms with E-state index in [2.05, 4.69) is 15.1 Å². The molecule has 0 aromatic heterocycles. The van der Waals surface area contributed by atoms with Crippen molar-refractivity contribution in [2.45, 2.75) is 6.54 Å². The normalized spacial score (nSPS) is 15.5. The maximum Gasteiger partial charge on any atom is 0.238 e. The lowest BCUT2D eigenvalue weighted by molar-refractivity contribution is -0.117. The Bertz CT molecular complexity index is 775. The van der Waals surface area contributed by atoms with Gasteiger partial charge in [-0.25, -0.2) is 0 Å². The van der Waals surface area contributed by atoms with Crippen LogP contribution in [0.5, 0.6) is 5.75 Å². The molecule has 27 heavy (non-hydrogen) atoms. The predicted molar refractivity (Wildman–Crippen MR) is 110 cm³/mol. The Hall–Kier alpha value is -1.79. The molecule has 1 N–H and O–H groups in total. The SMILES string of the molecule is COc1ccc(NC(=O)CN2CCN(Cc3ccc(Cl)cc3Cl)CC2)cc1. The van der Waals surface area contributed by atoms with Gasteiger partial charge >= 0.3 is 0 Å². The third-order valence-corrected chi connectivity index (χ3v) is 5.20. The van der Waals surface area contributed by atoms with Crippen molar-refractivity contribution in [2.75, 3.05) is 45.2 Å². The van der Waals surface area contributed by atoms with Crippen LogP contribution < -0.4 is 10.1 Å². The summed E-state index contributed by atoms with van der Waals surface area (Å²) < 4.78 is 5.12. The van der Waals surface area contributed by atoms with Gasteiger partial charge in [0.25, 0.3) is 0 Å². The van der Waals surface area contributed by atoms with Crippen molar-refractivity contribution in [1.82, 2.24) is 9.80 Å². The van der Waals surface area contributed by atoms with E-state index < -0.39 is 0 Å². The van der Waals surface area contributed by atoms with E-state index in [1.165, 1.54) is 0 Å². The fraction of sp³-hybridized carbons (Fsp3) is 0.350. The molecule has 1 heterocycles. The number of nitrogens with zero attached hydrogens (tertiary/aromatic N) is 2. The molecule has 1 saturated heterocycles. The average Bonchev–Trinajstić information content (AvgIpc) is 2.66. The van der Waals surface area contributed by atoms with Crippen LogP contribution in [0, 0.1) is 0 Å². The van der Waals surface area contributed by atoms with E-state index in [1.54, 1.807) is 13.2 Å². The number of rotatable bonds is 6. The standard InChI is InChI=1S/C20H23Cl2N3O2/c1-27-18-6-4-17(5-7-18)23-20(26)14-25-10-8-24(9-11-25)13-15-2-3-16(21)12-19(15)22/h2-7,12H,8-11,13-14H2,1H3,(H,23,26). The highest BCUT2D eigenvalue weighted by Gasteiger charge is 2.19. The van der Waals surface area contributed by atoms with Gasteiger partial charge in [0.2, 0.25) is 5.91 Å². The summed E-state index contributed by atoms with van der Waals surface area (Å²) in [7, 11) is 1.62. The number of benzene rings is 2. The lowest BCUT2D eigenvalue weighted by Gasteiger charge is -2.34. The van der Waals surface area contributed by atoms with Gasteiger partial charge < -0.3 is 10.1 Å². The lowest BCUT2D eigenvalue weighted by Crippen LogP contribution is -2.48. The number of methoxy groups -OCH3 is 1. The molecular weight excluding hydrogens is 385 g/mol. The van der Waals surface area contributed by atoms with Crippen molar-refractivity contribution in [3.8, 4) is 5.75 Å². The summed E-state index contributed by atoms with van der Waals surface area (Å²) in [5.41, 5.74) is 1.85. The zero-order valence-electron chi connectivity index (χ0n) is 15.3. The molecular formula is C20H23Cl2N3O2. The van der Waals surface area contributed by atoms with Crippen molar-refractivity contribution in [3.63, 3.8) is 0 Å². The molecule has 0 bridgehead atoms. The molecule has 2 aromatic carbocycles. The zero-order valence-corrected chi connectivity index (χ0v) is 16.8. The number of carbonyl (C=O) groups is 1. The fourth-order valence-corrected chi connectivity index (χ4v) is 3.54. The Kier molecular flexibility index (Phi) is 6.96. The van der Waals surface area contributed by atoms with E-state index >= 15 is 0 Å². The average molecular weight is 408 g/mol. The molecule has 0 radical (unpaired) electrons. The Balaban J connectivity index is 1.43. The van der Waals surface area contributed by atoms with Crippen LogP contribution in [0.1, 0.15) is 5.56 Å². The highest BCUT2D eigenvalue weighted by Crippen LogP contribution is 2.22. The van der Waals surface area contributed by atoms with Crippen LogP contribution in [0.15, 0.2) is 42.5 Å². The number of carbonyl (C=O) groups excluding carboxylic acids is 1. The number of piperazine rings is 1. The second-order valence-corrected chi connectivity index (χ2v) is 7.41. The zero-order chi connectivity index (χ0) is 19.2. The number of anilines is 1. The molecule has 0 saturated carbocycles. The van der Waals surface area contributed by atoms with E-state index in [0.717, 1.165) is 49.7 Å². The van der Waals surface area contributed by atoms with Gasteiger partial charge in [0.1, 0.15) is 5.75 Å². The first-order valence-electron chi connectivity index (χ1n) is 8.86. The number of nitrogens with one attached hydrogen (secondary N) is 1. The molecule has 0 aliphatic carbocycles. The first kappa shape index (κ1) is 20.0. The Morgan fingerprint density at radius 1 is 1.04 bits per heavy atom. The van der Waals surface area contributed by atoms with E-state index in [9.17, 15) is 4.79 Å². The molecule has 144 valence electrons. The van der Waals surface area contributed by atoms with Crippen molar-refractivity contribution in [3.05, 3.63) is 58.1 Å². The van der Waals surface area contributed by atoms with Gasteiger partial charge in [-0.05, 0) is 42.0 Å². The summed E-state index contributed by atoms with van der Waals surface area (Å²) in [6.07, 6.45) is 0. The van der Waals surface area contributed by atoms with Crippen LogP contribution in [0.2, 0.25) is 10.0 Å². The molecule has 0 spiro atoms. The molecule has 1 fully saturated rings. The molecule has 1 amide bonds. The summed E-state index contributed by atoms with van der Waals surface area (Å²) in [6, 6.07) is 12.9. The molecule has 0 atom stereocenters. The van der Waals surface area contributed by atoms with Crippen molar-refractivity contribution in [2.24, 2.45) is 0 Å². The second-order valence-electron chi connectivity index (χ2n) is 6.56. The van der Waals surface area contributed by atoms with Crippen LogP contribution in [0.25, 0.3) is 0 Å². The maximum absolute atomic E-state index is 12.3. The lowest BCUT2D eigenvalue weighted by atomic mass is 10.2. The summed E-state index contributed by atoms with van der Waals surface area (Å²) in [4.78, 5) is 16.8. The van der Waals surface area contributed by atoms with Gasteiger partial charge in [-0.15, -0.1) is 0 Å². The largest absolute Gasteiger partial charge is 0.497 e. The van der Waals surface area contributed by atoms with E-state index in [-0.39, 0.29) is 5.91 Å². The highest BCUT2D eigenvalue weighted by molar-refractivity contribution is 6.35. The second kappa shape index (κ2) is 9.42. The molecule has 1 aliphatic rings. The Morgan fingerprint density at radius 2 is 1.70 bits per heavy atom. The summed E-state index contributed by atoms with van der Waals surface area (Å²) in [5, 5.41) is 4.27. The molecule has 3 rings (SSSR count). The smallest absolute Gasteiger partial charge is 0.238 e. The predicted octanol–water partition coefficient (Wildman–Crippen LogP) is 3.76. The van der Waals surface area contributed by atoms with Gasteiger partial charge in [-0.2, -0.15) is 0 Å². The first-order chi connectivity index (χ1) is 13.0. The molecule has 0 unspecified atom stereocenters. The number of hydrogen-bond donors (Lipinski definition) is 1. The van der Waals surface area contributed by atoms with Crippen molar-refractivity contribution in [1.29, 1.82) is 0 Å². The molecule has 5 nitrogen and oxygen atoms in total. The number of ether oxygens (including phenoxy) is 1. The summed E-state index contributed by atoms with van der Waals surface area (Å²) in [6.45, 7) is 4.68. The quantitative estimate of drug-likeness (QED) is 0.791.